The van der Waals surface area contributed by atoms with E-state index in [4.69, 9.17) is 30.9 Å². The number of aryl methyl sites for hydroxylation is 2. The fraction of sp³-hybridized carbons (Fsp3) is 0.368. The van der Waals surface area contributed by atoms with Crippen LogP contribution >= 0.6 is 22.9 Å². The largest absolute Gasteiger partial charge is 0.507 e. The van der Waals surface area contributed by atoms with Crippen molar-refractivity contribution in [2.45, 2.75) is 32.6 Å². The number of halogens is 1. The van der Waals surface area contributed by atoms with Gasteiger partial charge in [0.15, 0.2) is 0 Å². The number of thiophene rings is 1. The number of benzene rings is 2. The molecule has 4 aliphatic rings. The molecule has 2 aromatic carbocycles. The predicted octanol–water partition coefficient (Wildman–Crippen LogP) is 5.98. The minimum Gasteiger partial charge on any atom is -0.507 e. The number of rotatable bonds is 5. The van der Waals surface area contributed by atoms with Gasteiger partial charge in [0.25, 0.3) is 0 Å². The fourth-order valence-electron chi connectivity index (χ4n) is 9.19. The van der Waals surface area contributed by atoms with Crippen molar-refractivity contribution in [2.24, 2.45) is 36.1 Å². The highest BCUT2D eigenvalue weighted by atomic mass is 35.5. The molecule has 4 heterocycles. The number of anilines is 1. The van der Waals surface area contributed by atoms with Gasteiger partial charge in [-0.15, -0.1) is 11.3 Å². The SMILES string of the molecule is COC(=O)N1C(=O)C2CC=C3C(CC4C(=O)N(c5cc(-c6sc7ccc(Cl)cc7c6C)nn5C)C(=O)C4(C)C3c3c(O)cc(OC)cc3OC)C2C1=O. The van der Waals surface area contributed by atoms with Crippen LogP contribution < -0.4 is 14.4 Å². The zero-order valence-corrected chi connectivity index (χ0v) is 31.2. The van der Waals surface area contributed by atoms with Crippen LogP contribution in [0.25, 0.3) is 20.7 Å². The van der Waals surface area contributed by atoms with E-state index in [-0.39, 0.29) is 35.7 Å². The van der Waals surface area contributed by atoms with E-state index in [2.05, 4.69) is 0 Å². The van der Waals surface area contributed by atoms with E-state index in [1.165, 1.54) is 36.3 Å². The summed E-state index contributed by atoms with van der Waals surface area (Å²) in [6.07, 6.45) is 0.869. The molecule has 53 heavy (non-hydrogen) atoms. The third-order valence-electron chi connectivity index (χ3n) is 11.7. The average molecular weight is 759 g/mol. The van der Waals surface area contributed by atoms with E-state index >= 15 is 4.79 Å². The molecule has 6 atom stereocenters. The summed E-state index contributed by atoms with van der Waals surface area (Å²) in [6.45, 7) is 3.67. The summed E-state index contributed by atoms with van der Waals surface area (Å²) in [7, 11) is 5.62. The third kappa shape index (κ3) is 4.74. The first-order valence-corrected chi connectivity index (χ1v) is 18.2. The monoisotopic (exact) mass is 758 g/mol. The van der Waals surface area contributed by atoms with Crippen LogP contribution in [0.4, 0.5) is 10.6 Å². The molecule has 2 aromatic heterocycles. The molecule has 3 fully saturated rings. The highest BCUT2D eigenvalue weighted by molar-refractivity contribution is 7.22. The van der Waals surface area contributed by atoms with Crippen LogP contribution in [0.3, 0.4) is 0 Å². The third-order valence-corrected chi connectivity index (χ3v) is 13.2. The molecule has 274 valence electrons. The van der Waals surface area contributed by atoms with E-state index in [1.807, 2.05) is 31.2 Å². The maximum absolute atomic E-state index is 15.1. The Labute approximate surface area is 312 Å². The molecule has 0 spiro atoms. The van der Waals surface area contributed by atoms with E-state index in [1.54, 1.807) is 26.1 Å². The topological polar surface area (TPSA) is 158 Å². The number of fused-ring (bicyclic) bond motifs is 5. The molecule has 1 saturated carbocycles. The van der Waals surface area contributed by atoms with Crippen molar-refractivity contribution in [3.8, 4) is 27.8 Å². The molecule has 15 heteroatoms. The molecule has 2 aliphatic carbocycles. The number of allylic oxidation sites excluding steroid dienone is 2. The molecule has 5 amide bonds. The normalized spacial score (nSPS) is 26.5. The molecule has 4 aromatic rings. The number of imide groups is 4. The number of nitrogens with zero attached hydrogens (tertiary/aromatic N) is 4. The lowest BCUT2D eigenvalue weighted by atomic mass is 9.51. The highest BCUT2D eigenvalue weighted by Gasteiger charge is 2.69. The molecule has 2 aliphatic heterocycles. The Morgan fingerprint density at radius 3 is 2.47 bits per heavy atom. The minimum atomic E-state index is -1.49. The highest BCUT2D eigenvalue weighted by Crippen LogP contribution is 2.65. The van der Waals surface area contributed by atoms with Gasteiger partial charge in [0.1, 0.15) is 28.8 Å². The van der Waals surface area contributed by atoms with Crippen molar-refractivity contribution < 1.29 is 43.3 Å². The molecule has 2 saturated heterocycles. The minimum absolute atomic E-state index is 0.0369. The Morgan fingerprint density at radius 1 is 1.02 bits per heavy atom. The van der Waals surface area contributed by atoms with Crippen LogP contribution in [0.2, 0.25) is 5.02 Å². The van der Waals surface area contributed by atoms with Crippen molar-refractivity contribution in [1.82, 2.24) is 14.7 Å². The summed E-state index contributed by atoms with van der Waals surface area (Å²) in [5.74, 6) is -6.47. The van der Waals surface area contributed by atoms with Gasteiger partial charge in [0.05, 0.1) is 49.4 Å². The Bertz CT molecular complexity index is 2350. The number of hydrogen-bond donors (Lipinski definition) is 1. The van der Waals surface area contributed by atoms with Crippen LogP contribution in [0, 0.1) is 36.0 Å². The van der Waals surface area contributed by atoms with Gasteiger partial charge in [-0.25, -0.2) is 9.69 Å². The van der Waals surface area contributed by atoms with Crippen LogP contribution in [-0.2, 0) is 31.0 Å². The average Bonchev–Trinajstić information content (AvgIpc) is 3.81. The summed E-state index contributed by atoms with van der Waals surface area (Å²) in [5.41, 5.74) is 0.881. The van der Waals surface area contributed by atoms with E-state index in [0.29, 0.717) is 26.9 Å². The first-order valence-electron chi connectivity index (χ1n) is 17.0. The predicted molar refractivity (Wildman–Crippen MR) is 194 cm³/mol. The maximum Gasteiger partial charge on any atom is 0.423 e. The van der Waals surface area contributed by atoms with E-state index in [9.17, 15) is 24.3 Å². The Morgan fingerprint density at radius 2 is 1.77 bits per heavy atom. The number of phenolic OH excluding ortho intramolecular Hbond substituents is 1. The summed E-state index contributed by atoms with van der Waals surface area (Å²) < 4.78 is 18.5. The van der Waals surface area contributed by atoms with Gasteiger partial charge in [-0.05, 0) is 61.8 Å². The van der Waals surface area contributed by atoms with Crippen LogP contribution in [0.1, 0.15) is 36.8 Å². The molecule has 0 bridgehead atoms. The van der Waals surface area contributed by atoms with E-state index in [0.717, 1.165) is 32.5 Å². The Hall–Kier alpha value is -5.21. The van der Waals surface area contributed by atoms with E-state index < -0.39 is 64.7 Å². The molecular formula is C38H35ClN4O9S. The molecule has 6 unspecified atom stereocenters. The Kier molecular flexibility index (Phi) is 8.00. The summed E-state index contributed by atoms with van der Waals surface area (Å²) >= 11 is 7.82. The quantitative estimate of drug-likeness (QED) is 0.190. The van der Waals surface area contributed by atoms with Gasteiger partial charge in [0.2, 0.25) is 23.6 Å². The number of aromatic nitrogens is 2. The number of amides is 5. The number of likely N-dealkylation sites (tertiary alicyclic amines) is 1. The van der Waals surface area contributed by atoms with Gasteiger partial charge < -0.3 is 19.3 Å². The summed E-state index contributed by atoms with van der Waals surface area (Å²) in [6, 6.07) is 10.4. The first-order chi connectivity index (χ1) is 25.3. The summed E-state index contributed by atoms with van der Waals surface area (Å²) in [5, 5.41) is 18.0. The van der Waals surface area contributed by atoms with Crippen LogP contribution in [-0.4, -0.2) is 70.8 Å². The molecule has 1 N–H and O–H groups in total. The fourth-order valence-corrected chi connectivity index (χ4v) is 10.5. The second kappa shape index (κ2) is 12.2. The number of carbonyl (C=O) groups is 5. The van der Waals surface area contributed by atoms with Crippen LogP contribution in [0.5, 0.6) is 17.2 Å². The molecular weight excluding hydrogens is 724 g/mol. The smallest absolute Gasteiger partial charge is 0.423 e. The van der Waals surface area contributed by atoms with Crippen molar-refractivity contribution >= 4 is 68.6 Å². The lowest BCUT2D eigenvalue weighted by Gasteiger charge is -2.49. The number of ether oxygens (including phenoxy) is 3. The van der Waals surface area contributed by atoms with Crippen molar-refractivity contribution in [1.29, 1.82) is 0 Å². The lowest BCUT2D eigenvalue weighted by Crippen LogP contribution is -2.49. The number of carbonyl (C=O) groups excluding carboxylic acids is 5. The van der Waals surface area contributed by atoms with Gasteiger partial charge in [-0.2, -0.15) is 10.00 Å². The molecule has 8 rings (SSSR count). The number of phenols is 1. The summed E-state index contributed by atoms with van der Waals surface area (Å²) in [4.78, 5) is 72.5. The zero-order chi connectivity index (χ0) is 37.8. The zero-order valence-electron chi connectivity index (χ0n) is 29.6. The second-order valence-electron chi connectivity index (χ2n) is 14.1. The number of hydrogen-bond acceptors (Lipinski definition) is 11. The molecule has 0 radical (unpaired) electrons. The standard InChI is InChI=1S/C38H35ClN4O9S/c1-16-21-11-17(39)7-10-27(21)53-32(16)24-15-28(41(3)40-24)42-34(46)23-14-22-19(8-9-20-29(22)35(47)43(33(20)45)37(49)52-6)31(38(23,2)36(42)48)30-25(44)12-18(50-4)13-26(30)51-5/h7-8,10-13,15,20,22-23,29,31,44H,9,14H2,1-6H3. The molecule has 13 nitrogen and oxygen atoms in total. The van der Waals surface area contributed by atoms with Gasteiger partial charge in [0, 0.05) is 46.5 Å². The van der Waals surface area contributed by atoms with Crippen molar-refractivity contribution in [3.63, 3.8) is 0 Å². The van der Waals surface area contributed by atoms with Crippen molar-refractivity contribution in [2.75, 3.05) is 26.2 Å². The van der Waals surface area contributed by atoms with Gasteiger partial charge in [-0.1, -0.05) is 23.3 Å². The number of aromatic hydroxyl groups is 1. The van der Waals surface area contributed by atoms with Gasteiger partial charge >= 0.3 is 6.09 Å². The number of methoxy groups -OCH3 is 3. The second-order valence-corrected chi connectivity index (χ2v) is 15.6. The Balaban J connectivity index is 1.28. The van der Waals surface area contributed by atoms with Crippen molar-refractivity contribution in [3.05, 3.63) is 64.2 Å². The first kappa shape index (κ1) is 34.9. The maximum atomic E-state index is 15.1. The van der Waals surface area contributed by atoms with Crippen LogP contribution in [0.15, 0.2) is 48.0 Å². The van der Waals surface area contributed by atoms with Gasteiger partial charge in [-0.3, -0.25) is 23.9 Å². The lowest BCUT2D eigenvalue weighted by molar-refractivity contribution is -0.138.